The van der Waals surface area contributed by atoms with Gasteiger partial charge in [0.15, 0.2) is 26.5 Å². The van der Waals surface area contributed by atoms with Gasteiger partial charge in [-0.2, -0.15) is 9.97 Å². The maximum absolute atomic E-state index is 11.6. The molecule has 0 saturated carbocycles. The summed E-state index contributed by atoms with van der Waals surface area (Å²) >= 11 is 4.41. The summed E-state index contributed by atoms with van der Waals surface area (Å²) in [5, 5.41) is 10.2. The highest BCUT2D eigenvalue weighted by molar-refractivity contribution is 7.98. The Morgan fingerprint density at radius 1 is 0.600 bits per heavy atom. The molecular weight excluding hydrogens is 973 g/mol. The van der Waals surface area contributed by atoms with E-state index in [4.69, 9.17) is 23.5 Å². The third-order valence-corrected chi connectivity index (χ3v) is 15.6. The highest BCUT2D eigenvalue weighted by Crippen LogP contribution is 2.34. The molecule has 0 aliphatic carbocycles. The number of sulfone groups is 1. The molecule has 70 heavy (non-hydrogen) atoms. The molecule has 8 aromatic rings. The summed E-state index contributed by atoms with van der Waals surface area (Å²) in [4.78, 5) is 50.5. The van der Waals surface area contributed by atoms with Crippen LogP contribution < -0.4 is 19.3 Å². The Morgan fingerprint density at radius 3 is 1.43 bits per heavy atom. The van der Waals surface area contributed by atoms with E-state index in [0.29, 0.717) is 45.6 Å². The van der Waals surface area contributed by atoms with Gasteiger partial charge < -0.3 is 28.3 Å². The summed E-state index contributed by atoms with van der Waals surface area (Å²) in [5.74, 6) is 2.80. The minimum absolute atomic E-state index is 0.00417. The van der Waals surface area contributed by atoms with Gasteiger partial charge in [0.05, 0.1) is 36.2 Å². The van der Waals surface area contributed by atoms with Crippen molar-refractivity contribution in [3.63, 3.8) is 0 Å². The Morgan fingerprint density at radius 2 is 1.06 bits per heavy atom. The number of hydrogen-bond donors (Lipinski definition) is 0. The fourth-order valence-corrected chi connectivity index (χ4v) is 10.5. The lowest BCUT2D eigenvalue weighted by Crippen LogP contribution is -2.38. The van der Waals surface area contributed by atoms with Crippen molar-refractivity contribution >= 4 is 77.0 Å². The van der Waals surface area contributed by atoms with E-state index in [0.717, 1.165) is 107 Å². The normalized spacial score (nSPS) is 16.0. The number of ether oxygens (including phenoxy) is 2. The first-order valence-corrected chi connectivity index (χ1v) is 27.9. The van der Waals surface area contributed by atoms with E-state index in [1.165, 1.54) is 35.1 Å². The van der Waals surface area contributed by atoms with E-state index in [2.05, 4.69) is 92.7 Å². The van der Waals surface area contributed by atoms with Gasteiger partial charge >= 0.3 is 12.0 Å². The highest BCUT2D eigenvalue weighted by Gasteiger charge is 2.30. The molecule has 0 amide bonds. The number of piperidine rings is 2. The number of thioether (sulfide) groups is 1. The summed E-state index contributed by atoms with van der Waals surface area (Å²) in [6.07, 6.45) is 13.2. The second-order valence-electron chi connectivity index (χ2n) is 17.9. The van der Waals surface area contributed by atoms with Crippen molar-refractivity contribution < 1.29 is 26.9 Å². The van der Waals surface area contributed by atoms with Crippen molar-refractivity contribution in [2.45, 2.75) is 101 Å². The Hall–Kier alpha value is -5.98. The Balaban J connectivity index is 0.000000174. The summed E-state index contributed by atoms with van der Waals surface area (Å²) in [5.41, 5.74) is 4.17. The molecule has 20 nitrogen and oxygen atoms in total. The molecule has 2 atom stereocenters. The van der Waals surface area contributed by atoms with Crippen LogP contribution in [0.3, 0.4) is 0 Å². The van der Waals surface area contributed by atoms with Gasteiger partial charge in [-0.1, -0.05) is 60.7 Å². The van der Waals surface area contributed by atoms with Crippen LogP contribution >= 0.6 is 34.4 Å². The van der Waals surface area contributed by atoms with Gasteiger partial charge in [0.2, 0.25) is 0 Å². The lowest BCUT2D eigenvalue weighted by Gasteiger charge is -2.33. The average Bonchev–Trinajstić information content (AvgIpc) is 4.21. The predicted molar refractivity (Wildman–Crippen MR) is 269 cm³/mol. The maximum Gasteiger partial charge on any atom is 0.324 e. The van der Waals surface area contributed by atoms with E-state index >= 15 is 0 Å². The molecule has 0 spiro atoms. The number of nitrogens with zero attached hydrogens (tertiary/aromatic N) is 14. The summed E-state index contributed by atoms with van der Waals surface area (Å²) in [6, 6.07) is 8.75. The van der Waals surface area contributed by atoms with Gasteiger partial charge in [-0.15, -0.1) is 11.8 Å². The second kappa shape index (κ2) is 21.2. The Bertz CT molecular complexity index is 3130. The second-order valence-corrected chi connectivity index (χ2v) is 22.6. The molecule has 2 aliphatic rings. The van der Waals surface area contributed by atoms with Crippen molar-refractivity contribution in [1.82, 2.24) is 60.2 Å². The van der Waals surface area contributed by atoms with Crippen LogP contribution in [0.1, 0.15) is 90.7 Å². The predicted octanol–water partition coefficient (Wildman–Crippen LogP) is 8.80. The van der Waals surface area contributed by atoms with Gasteiger partial charge in [-0.3, -0.25) is 4.98 Å². The molecule has 2 fully saturated rings. The first-order chi connectivity index (χ1) is 33.7. The summed E-state index contributed by atoms with van der Waals surface area (Å²) in [7, 11) is -3.41. The van der Waals surface area contributed by atoms with Crippen molar-refractivity contribution in [1.29, 1.82) is 0 Å². The van der Waals surface area contributed by atoms with Crippen LogP contribution in [0.5, 0.6) is 10.4 Å². The third-order valence-electron chi connectivity index (χ3n) is 12.3. The van der Waals surface area contributed by atoms with Crippen LogP contribution in [0.15, 0.2) is 68.2 Å². The quantitative estimate of drug-likeness (QED) is 0.0924. The molecular formula is C46H54N14O6S4. The topological polar surface area (TPSA) is 240 Å². The average molecular weight is 1030 g/mol. The number of rotatable bonds is 14. The van der Waals surface area contributed by atoms with Crippen LogP contribution in [0, 0.1) is 11.8 Å². The molecule has 0 aromatic carbocycles. The number of pyridine rings is 2. The minimum Gasteiger partial charge on any atom is -0.467 e. The number of anilines is 2. The largest absolute Gasteiger partial charge is 0.467 e. The third kappa shape index (κ3) is 11.4. The van der Waals surface area contributed by atoms with Gasteiger partial charge in [-0.05, 0) is 81.9 Å². The van der Waals surface area contributed by atoms with E-state index in [1.54, 1.807) is 30.2 Å². The van der Waals surface area contributed by atoms with Crippen LogP contribution in [0.25, 0.3) is 43.5 Å². The van der Waals surface area contributed by atoms with Gasteiger partial charge in [0.25, 0.3) is 10.4 Å². The number of aromatic nitrogens is 12. The van der Waals surface area contributed by atoms with Crippen molar-refractivity contribution in [3.8, 4) is 33.2 Å². The van der Waals surface area contributed by atoms with Crippen molar-refractivity contribution in [2.75, 3.05) is 48.5 Å². The van der Waals surface area contributed by atoms with E-state index < -0.39 is 9.84 Å². The van der Waals surface area contributed by atoms with E-state index in [1.807, 2.05) is 38.3 Å². The minimum atomic E-state index is -3.41. The lowest BCUT2D eigenvalue weighted by molar-refractivity contribution is 0.131. The van der Waals surface area contributed by atoms with Crippen molar-refractivity contribution in [2.24, 2.45) is 11.8 Å². The monoisotopic (exact) mass is 1030 g/mol. The first-order valence-electron chi connectivity index (χ1n) is 23.1. The molecule has 368 valence electrons. The summed E-state index contributed by atoms with van der Waals surface area (Å²) in [6.45, 7) is 15.8. The SMILES string of the molecule is CC(C)c1noc(N2CCC(C(C)Oc3nc4ccc(-c5cnc(S(C)(=O)=O)cn5)nc4s3)CC2)n1.CSc1cnc(-c2ccc3nc(OC(C)C4CCN(c5nc(C(C)C)no5)CC4)sc3n2)cn1. The van der Waals surface area contributed by atoms with Crippen LogP contribution in [0.2, 0.25) is 0 Å². The standard InChI is InChI=1S/C23H27N7O4S2.C23H27N7O2S2/c1-13(2)20-28-22(34-29-20)30-9-7-15(8-10-30)14(3)33-23-27-17-6-5-16(26-21(17)35-23)18-11-25-19(12-24-18)36(4,31)32;1-13(2)20-28-22(32-29-20)30-9-7-15(8-10-30)14(3)31-23-27-17-6-5-16(26-21(17)34-23)18-11-25-19(33-4)12-24-18/h5-6,11-15H,7-10H2,1-4H3;5-6,11-15H,7-10H2,1-4H3. The van der Waals surface area contributed by atoms with Crippen LogP contribution in [0.4, 0.5) is 12.0 Å². The zero-order chi connectivity index (χ0) is 49.1. The van der Waals surface area contributed by atoms with Crippen LogP contribution in [-0.4, -0.2) is 119 Å². The Kier molecular flexibility index (Phi) is 14.8. The molecule has 2 aliphatic heterocycles. The molecule has 2 saturated heterocycles. The van der Waals surface area contributed by atoms with Gasteiger partial charge in [0.1, 0.15) is 49.3 Å². The summed E-state index contributed by atoms with van der Waals surface area (Å²) < 4.78 is 46.6. The molecule has 0 N–H and O–H groups in total. The van der Waals surface area contributed by atoms with E-state index in [9.17, 15) is 8.42 Å². The molecule has 10 heterocycles. The number of fused-ring (bicyclic) bond motifs is 2. The van der Waals surface area contributed by atoms with Gasteiger partial charge in [0, 0.05) is 44.3 Å². The number of thiazole rings is 2. The van der Waals surface area contributed by atoms with E-state index in [-0.39, 0.29) is 29.1 Å². The molecule has 2 unspecified atom stereocenters. The van der Waals surface area contributed by atoms with Crippen molar-refractivity contribution in [3.05, 3.63) is 60.7 Å². The smallest absolute Gasteiger partial charge is 0.324 e. The zero-order valence-electron chi connectivity index (χ0n) is 40.1. The molecule has 0 bridgehead atoms. The number of hydrogen-bond acceptors (Lipinski definition) is 23. The first kappa shape index (κ1) is 49.0. The molecule has 24 heteroatoms. The zero-order valence-corrected chi connectivity index (χ0v) is 43.3. The lowest BCUT2D eigenvalue weighted by atomic mass is 9.92. The Labute approximate surface area is 417 Å². The molecule has 10 rings (SSSR count). The van der Waals surface area contributed by atoms with Gasteiger partial charge in [-0.25, -0.2) is 43.3 Å². The molecule has 0 radical (unpaired) electrons. The highest BCUT2D eigenvalue weighted by atomic mass is 32.2. The molecule has 8 aromatic heterocycles. The maximum atomic E-state index is 11.6. The fourth-order valence-electron chi connectivity index (χ4n) is 7.98. The fraction of sp³-hybridized carbons (Fsp3) is 0.478. The van der Waals surface area contributed by atoms with Crippen LogP contribution in [-0.2, 0) is 9.84 Å².